The molecule has 41 heavy (non-hydrogen) atoms. The Labute approximate surface area is 241 Å². The van der Waals surface area contributed by atoms with Gasteiger partial charge in [0.15, 0.2) is 0 Å². The quantitative estimate of drug-likeness (QED) is 0.219. The smallest absolute Gasteiger partial charge is 0.338 e. The minimum Gasteiger partial charge on any atom is -0.461 e. The van der Waals surface area contributed by atoms with Gasteiger partial charge >= 0.3 is 11.9 Å². The summed E-state index contributed by atoms with van der Waals surface area (Å²) in [5.74, 6) is -1.02. The standard InChI is InChI=1S/C34H28O6S/c35-32(27-16-14-23-10-4-6-12-25(23)18-27)39-21-29-30(31(34(37)41-29)38-20-22-8-2-1-3-9-22)40-33(36)28-17-15-24-11-5-7-13-26(24)19-28/h1-19,29-31,34,37H,20-21H2/t29-,30+,31?,34?/m1/s1. The predicted molar refractivity (Wildman–Crippen MR) is 160 cm³/mol. The molecule has 7 heteroatoms. The first-order valence-corrected chi connectivity index (χ1v) is 14.3. The van der Waals surface area contributed by atoms with Crippen LogP contribution in [-0.4, -0.2) is 46.5 Å². The number of rotatable bonds is 8. The van der Waals surface area contributed by atoms with Gasteiger partial charge in [-0.15, -0.1) is 11.8 Å². The molecule has 6 rings (SSSR count). The third kappa shape index (κ3) is 6.12. The molecule has 6 nitrogen and oxygen atoms in total. The van der Waals surface area contributed by atoms with Gasteiger partial charge in [-0.2, -0.15) is 0 Å². The van der Waals surface area contributed by atoms with Crippen molar-refractivity contribution in [3.05, 3.63) is 132 Å². The zero-order valence-electron chi connectivity index (χ0n) is 22.1. The van der Waals surface area contributed by atoms with E-state index in [9.17, 15) is 14.7 Å². The number of benzene rings is 5. The van der Waals surface area contributed by atoms with Gasteiger partial charge in [0.1, 0.15) is 24.3 Å². The highest BCUT2D eigenvalue weighted by Crippen LogP contribution is 2.38. The summed E-state index contributed by atoms with van der Waals surface area (Å²) in [7, 11) is 0. The van der Waals surface area contributed by atoms with Gasteiger partial charge < -0.3 is 19.3 Å². The molecule has 1 saturated heterocycles. The first kappa shape index (κ1) is 27.0. The number of hydrogen-bond acceptors (Lipinski definition) is 7. The molecule has 1 fully saturated rings. The summed E-state index contributed by atoms with van der Waals surface area (Å²) < 4.78 is 17.8. The molecule has 0 spiro atoms. The Hall–Kier alpha value is -4.17. The van der Waals surface area contributed by atoms with Crippen LogP contribution in [0.25, 0.3) is 21.5 Å². The van der Waals surface area contributed by atoms with E-state index in [0.29, 0.717) is 11.1 Å². The fourth-order valence-electron chi connectivity index (χ4n) is 4.99. The van der Waals surface area contributed by atoms with Gasteiger partial charge in [-0.3, -0.25) is 0 Å². The summed E-state index contributed by atoms with van der Waals surface area (Å²) in [6.45, 7) is 0.172. The number of aliphatic hydroxyl groups is 1. The third-order valence-corrected chi connectivity index (χ3v) is 8.46. The van der Waals surface area contributed by atoms with Gasteiger partial charge in [-0.1, -0.05) is 91.0 Å². The van der Waals surface area contributed by atoms with Crippen LogP contribution in [-0.2, 0) is 20.8 Å². The van der Waals surface area contributed by atoms with E-state index in [4.69, 9.17) is 14.2 Å². The van der Waals surface area contributed by atoms with Crippen LogP contribution in [0.5, 0.6) is 0 Å². The van der Waals surface area contributed by atoms with Crippen LogP contribution in [0.3, 0.4) is 0 Å². The van der Waals surface area contributed by atoms with Crippen molar-refractivity contribution in [2.75, 3.05) is 6.61 Å². The number of thioether (sulfide) groups is 1. The maximum absolute atomic E-state index is 13.3. The number of carbonyl (C=O) groups excluding carboxylic acids is 2. The van der Waals surface area contributed by atoms with Crippen molar-refractivity contribution in [2.24, 2.45) is 0 Å². The average Bonchev–Trinajstić information content (AvgIpc) is 3.31. The van der Waals surface area contributed by atoms with E-state index in [0.717, 1.165) is 27.1 Å². The molecule has 0 bridgehead atoms. The highest BCUT2D eigenvalue weighted by molar-refractivity contribution is 8.00. The molecule has 5 aromatic rings. The van der Waals surface area contributed by atoms with Crippen molar-refractivity contribution in [3.8, 4) is 0 Å². The number of esters is 2. The lowest BCUT2D eigenvalue weighted by Gasteiger charge is -2.25. The van der Waals surface area contributed by atoms with Crippen LogP contribution in [0.2, 0.25) is 0 Å². The summed E-state index contributed by atoms with van der Waals surface area (Å²) in [5.41, 5.74) is 0.769. The van der Waals surface area contributed by atoms with E-state index < -0.39 is 34.8 Å². The monoisotopic (exact) mass is 564 g/mol. The number of aliphatic hydroxyl groups excluding tert-OH is 1. The maximum Gasteiger partial charge on any atom is 0.338 e. The molecule has 0 aromatic heterocycles. The number of carbonyl (C=O) groups is 2. The molecule has 5 aromatic carbocycles. The van der Waals surface area contributed by atoms with Crippen LogP contribution in [0.15, 0.2) is 115 Å². The molecule has 0 radical (unpaired) electrons. The molecule has 1 aliphatic rings. The Morgan fingerprint density at radius 2 is 1.22 bits per heavy atom. The van der Waals surface area contributed by atoms with Crippen molar-refractivity contribution in [1.29, 1.82) is 0 Å². The lowest BCUT2D eigenvalue weighted by atomic mass is 10.1. The van der Waals surface area contributed by atoms with Crippen LogP contribution >= 0.6 is 11.8 Å². The molecular weight excluding hydrogens is 536 g/mol. The fraction of sp³-hybridized carbons (Fsp3) is 0.176. The normalized spacial score (nSPS) is 20.2. The highest BCUT2D eigenvalue weighted by atomic mass is 32.2. The van der Waals surface area contributed by atoms with Gasteiger partial charge in [0, 0.05) is 0 Å². The molecule has 1 aliphatic heterocycles. The Kier molecular flexibility index (Phi) is 8.00. The third-order valence-electron chi connectivity index (χ3n) is 7.16. The second-order valence-electron chi connectivity index (χ2n) is 9.92. The van der Waals surface area contributed by atoms with E-state index in [1.807, 2.05) is 91.0 Å². The minimum absolute atomic E-state index is 0.0613. The molecule has 0 saturated carbocycles. The van der Waals surface area contributed by atoms with Gasteiger partial charge in [0.05, 0.1) is 23.0 Å². The largest absolute Gasteiger partial charge is 0.461 e. The molecule has 0 amide bonds. The van der Waals surface area contributed by atoms with E-state index in [-0.39, 0.29) is 13.2 Å². The zero-order valence-corrected chi connectivity index (χ0v) is 22.9. The van der Waals surface area contributed by atoms with Crippen molar-refractivity contribution in [1.82, 2.24) is 0 Å². The van der Waals surface area contributed by atoms with Crippen molar-refractivity contribution < 1.29 is 28.9 Å². The van der Waals surface area contributed by atoms with Gasteiger partial charge in [0.2, 0.25) is 0 Å². The predicted octanol–water partition coefficient (Wildman–Crippen LogP) is 6.39. The molecule has 1 heterocycles. The lowest BCUT2D eigenvalue weighted by molar-refractivity contribution is -0.0821. The van der Waals surface area contributed by atoms with Crippen LogP contribution in [0, 0.1) is 0 Å². The van der Waals surface area contributed by atoms with E-state index in [1.165, 1.54) is 11.8 Å². The highest BCUT2D eigenvalue weighted by Gasteiger charge is 2.47. The fourth-order valence-corrected chi connectivity index (χ4v) is 6.25. The van der Waals surface area contributed by atoms with E-state index in [2.05, 4.69) is 0 Å². The topological polar surface area (TPSA) is 82.1 Å². The summed E-state index contributed by atoms with van der Waals surface area (Å²) in [4.78, 5) is 26.3. The number of fused-ring (bicyclic) bond motifs is 2. The first-order chi connectivity index (χ1) is 20.0. The summed E-state index contributed by atoms with van der Waals surface area (Å²) in [6, 6.07) is 35.9. The SMILES string of the molecule is O=C(OC[C@H]1SC(O)C(OCc2ccccc2)[C@H]1OC(=O)c1ccc2ccccc2c1)c1ccc2ccccc2c1. The van der Waals surface area contributed by atoms with Crippen molar-refractivity contribution in [2.45, 2.75) is 29.5 Å². The summed E-state index contributed by atoms with van der Waals surface area (Å²) >= 11 is 1.17. The van der Waals surface area contributed by atoms with E-state index >= 15 is 0 Å². The molecule has 4 atom stereocenters. The number of ether oxygens (including phenoxy) is 3. The van der Waals surface area contributed by atoms with Gasteiger partial charge in [-0.25, -0.2) is 9.59 Å². The molecule has 0 aliphatic carbocycles. The Morgan fingerprint density at radius 3 is 1.85 bits per heavy atom. The number of hydrogen-bond donors (Lipinski definition) is 1. The van der Waals surface area contributed by atoms with E-state index in [1.54, 1.807) is 24.3 Å². The van der Waals surface area contributed by atoms with Gasteiger partial charge in [0.25, 0.3) is 0 Å². The second kappa shape index (κ2) is 12.1. The summed E-state index contributed by atoms with van der Waals surface area (Å²) in [6.07, 6.45) is -1.66. The Bertz CT molecular complexity index is 1690. The second-order valence-corrected chi connectivity index (χ2v) is 11.3. The van der Waals surface area contributed by atoms with Crippen molar-refractivity contribution >= 4 is 45.2 Å². The lowest BCUT2D eigenvalue weighted by Crippen LogP contribution is -2.40. The van der Waals surface area contributed by atoms with Gasteiger partial charge in [-0.05, 0) is 51.4 Å². The Balaban J connectivity index is 1.20. The molecular formula is C34H28O6S. The Morgan fingerprint density at radius 1 is 0.659 bits per heavy atom. The summed E-state index contributed by atoms with van der Waals surface area (Å²) in [5, 5.41) is 14.3. The maximum atomic E-state index is 13.3. The molecule has 1 N–H and O–H groups in total. The molecule has 206 valence electrons. The average molecular weight is 565 g/mol. The molecule has 2 unspecified atom stereocenters. The zero-order chi connectivity index (χ0) is 28.2. The van der Waals surface area contributed by atoms with Crippen LogP contribution < -0.4 is 0 Å². The van der Waals surface area contributed by atoms with Crippen LogP contribution in [0.1, 0.15) is 26.3 Å². The minimum atomic E-state index is -0.975. The first-order valence-electron chi connectivity index (χ1n) is 13.4. The van der Waals surface area contributed by atoms with Crippen molar-refractivity contribution in [3.63, 3.8) is 0 Å². The van der Waals surface area contributed by atoms with Crippen LogP contribution in [0.4, 0.5) is 0 Å².